The molecule has 1 heterocycles. The van der Waals surface area contributed by atoms with Gasteiger partial charge in [-0.05, 0) is 25.8 Å². The van der Waals surface area contributed by atoms with Crippen LogP contribution in [-0.2, 0) is 11.2 Å². The van der Waals surface area contributed by atoms with Crippen molar-refractivity contribution in [3.8, 4) is 0 Å². The predicted octanol–water partition coefficient (Wildman–Crippen LogP) is 0.833. The maximum atomic E-state index is 11.6. The summed E-state index contributed by atoms with van der Waals surface area (Å²) in [6, 6.07) is 0. The van der Waals surface area contributed by atoms with Gasteiger partial charge in [0.1, 0.15) is 5.82 Å². The van der Waals surface area contributed by atoms with E-state index in [1.165, 1.54) is 0 Å². The van der Waals surface area contributed by atoms with Gasteiger partial charge in [-0.1, -0.05) is 6.92 Å². The van der Waals surface area contributed by atoms with Gasteiger partial charge in [-0.3, -0.25) is 4.79 Å². The lowest BCUT2D eigenvalue weighted by Gasteiger charge is -2.11. The summed E-state index contributed by atoms with van der Waals surface area (Å²) in [6.07, 6.45) is 7.08. The van der Waals surface area contributed by atoms with Gasteiger partial charge < -0.3 is 16.0 Å². The van der Waals surface area contributed by atoms with Crippen molar-refractivity contribution in [1.82, 2.24) is 15.3 Å². The summed E-state index contributed by atoms with van der Waals surface area (Å²) in [5.41, 5.74) is 5.41. The number of aromatic nitrogens is 2. The van der Waals surface area contributed by atoms with E-state index >= 15 is 0 Å². The summed E-state index contributed by atoms with van der Waals surface area (Å²) in [5.74, 6) is 1.15. The summed E-state index contributed by atoms with van der Waals surface area (Å²) in [6.45, 7) is 3.29. The third-order valence-corrected chi connectivity index (χ3v) is 2.73. The van der Waals surface area contributed by atoms with Crippen LogP contribution in [0.3, 0.4) is 0 Å². The molecule has 1 amide bonds. The van der Waals surface area contributed by atoms with Crippen LogP contribution in [0.5, 0.6) is 0 Å². The quantitative estimate of drug-likeness (QED) is 0.587. The maximum absolute atomic E-state index is 11.6. The van der Waals surface area contributed by atoms with E-state index in [-0.39, 0.29) is 11.8 Å². The van der Waals surface area contributed by atoms with Gasteiger partial charge >= 0.3 is 0 Å². The van der Waals surface area contributed by atoms with Gasteiger partial charge in [0.05, 0.1) is 0 Å². The molecule has 1 atom stereocenters. The summed E-state index contributed by atoms with van der Waals surface area (Å²) in [5, 5.41) is 2.93. The van der Waals surface area contributed by atoms with E-state index in [2.05, 4.69) is 15.3 Å². The Kier molecular flexibility index (Phi) is 6.32. The number of carbonyl (C=O) groups excluding carboxylic acids is 1. The first kappa shape index (κ1) is 13.7. The van der Waals surface area contributed by atoms with Crippen LogP contribution >= 0.6 is 0 Å². The van der Waals surface area contributed by atoms with E-state index in [0.717, 1.165) is 31.5 Å². The van der Waals surface area contributed by atoms with Gasteiger partial charge in [0.2, 0.25) is 5.91 Å². The predicted molar refractivity (Wildman–Crippen MR) is 67.4 cm³/mol. The third kappa shape index (κ3) is 5.49. The Morgan fingerprint density at radius 3 is 3.06 bits per heavy atom. The van der Waals surface area contributed by atoms with Gasteiger partial charge in [-0.25, -0.2) is 4.98 Å². The van der Waals surface area contributed by atoms with Crippen LogP contribution in [0.15, 0.2) is 12.4 Å². The number of nitrogens with two attached hydrogens (primary N) is 1. The van der Waals surface area contributed by atoms with Gasteiger partial charge in [-0.15, -0.1) is 0 Å². The molecule has 1 rings (SSSR count). The molecule has 1 unspecified atom stereocenters. The zero-order chi connectivity index (χ0) is 12.5. The number of carbonyl (C=O) groups is 1. The lowest BCUT2D eigenvalue weighted by atomic mass is 10.0. The number of H-pyrrole nitrogens is 1. The number of imidazole rings is 1. The average Bonchev–Trinajstić information content (AvgIpc) is 2.84. The number of nitrogens with zero attached hydrogens (tertiary/aromatic N) is 1. The normalized spacial score (nSPS) is 12.4. The number of nitrogens with one attached hydrogen (secondary N) is 2. The molecule has 4 N–H and O–H groups in total. The fraction of sp³-hybridized carbons (Fsp3) is 0.667. The van der Waals surface area contributed by atoms with Gasteiger partial charge in [0, 0.05) is 31.3 Å². The molecule has 5 nitrogen and oxygen atoms in total. The maximum Gasteiger partial charge on any atom is 0.222 e. The van der Waals surface area contributed by atoms with E-state index in [1.54, 1.807) is 6.20 Å². The summed E-state index contributed by atoms with van der Waals surface area (Å²) in [4.78, 5) is 18.8. The highest BCUT2D eigenvalue weighted by Crippen LogP contribution is 2.04. The van der Waals surface area contributed by atoms with E-state index in [9.17, 15) is 4.79 Å². The Hall–Kier alpha value is -1.36. The number of rotatable bonds is 8. The molecule has 96 valence electrons. The van der Waals surface area contributed by atoms with Gasteiger partial charge in [0.25, 0.3) is 0 Å². The Bertz CT molecular complexity index is 310. The van der Waals surface area contributed by atoms with Crippen molar-refractivity contribution < 1.29 is 4.79 Å². The van der Waals surface area contributed by atoms with Crippen LogP contribution < -0.4 is 11.1 Å². The number of aromatic amines is 1. The van der Waals surface area contributed by atoms with Crippen molar-refractivity contribution in [1.29, 1.82) is 0 Å². The molecular weight excluding hydrogens is 216 g/mol. The minimum Gasteiger partial charge on any atom is -0.356 e. The largest absolute Gasteiger partial charge is 0.356 e. The molecule has 5 heteroatoms. The second-order valence-corrected chi connectivity index (χ2v) is 4.26. The number of hydrogen-bond acceptors (Lipinski definition) is 3. The van der Waals surface area contributed by atoms with Crippen molar-refractivity contribution in [3.63, 3.8) is 0 Å². The summed E-state index contributed by atoms with van der Waals surface area (Å²) in [7, 11) is 0. The van der Waals surface area contributed by atoms with Crippen molar-refractivity contribution in [2.75, 3.05) is 13.1 Å². The van der Waals surface area contributed by atoms with Crippen molar-refractivity contribution in [3.05, 3.63) is 18.2 Å². The third-order valence-electron chi connectivity index (χ3n) is 2.73. The van der Waals surface area contributed by atoms with Crippen molar-refractivity contribution in [2.24, 2.45) is 11.7 Å². The van der Waals surface area contributed by atoms with Gasteiger partial charge in [0.15, 0.2) is 0 Å². The van der Waals surface area contributed by atoms with Gasteiger partial charge in [-0.2, -0.15) is 0 Å². The molecule has 0 aromatic carbocycles. The van der Waals surface area contributed by atoms with Crippen LogP contribution in [0, 0.1) is 5.92 Å². The molecule has 0 bridgehead atoms. The Morgan fingerprint density at radius 1 is 1.59 bits per heavy atom. The second kappa shape index (κ2) is 7.84. The Morgan fingerprint density at radius 2 is 2.41 bits per heavy atom. The van der Waals surface area contributed by atoms with Crippen LogP contribution in [-0.4, -0.2) is 29.0 Å². The lowest BCUT2D eigenvalue weighted by molar-refractivity contribution is -0.124. The van der Waals surface area contributed by atoms with Crippen LogP contribution in [0.25, 0.3) is 0 Å². The summed E-state index contributed by atoms with van der Waals surface area (Å²) < 4.78 is 0. The van der Waals surface area contributed by atoms with E-state index < -0.39 is 0 Å². The highest BCUT2D eigenvalue weighted by Gasteiger charge is 2.10. The standard InChI is InChI=1S/C12H22N4O/c1-10(4-2-6-13)12(17)16-7-3-5-11-14-8-9-15-11/h8-10H,2-7,13H2,1H3,(H,14,15)(H,16,17). The molecule has 1 aromatic rings. The van der Waals surface area contributed by atoms with E-state index in [4.69, 9.17) is 5.73 Å². The molecule has 0 radical (unpaired) electrons. The van der Waals surface area contributed by atoms with Crippen molar-refractivity contribution in [2.45, 2.75) is 32.6 Å². The molecule has 0 aliphatic rings. The molecule has 0 saturated heterocycles. The molecule has 0 spiro atoms. The average molecular weight is 238 g/mol. The molecular formula is C12H22N4O. The zero-order valence-corrected chi connectivity index (χ0v) is 10.4. The fourth-order valence-corrected chi connectivity index (χ4v) is 1.63. The highest BCUT2D eigenvalue weighted by molar-refractivity contribution is 5.78. The molecule has 1 aromatic heterocycles. The fourth-order valence-electron chi connectivity index (χ4n) is 1.63. The zero-order valence-electron chi connectivity index (χ0n) is 10.4. The monoisotopic (exact) mass is 238 g/mol. The Labute approximate surface area is 102 Å². The molecule has 0 aliphatic carbocycles. The van der Waals surface area contributed by atoms with Crippen LogP contribution in [0.1, 0.15) is 32.0 Å². The summed E-state index contributed by atoms with van der Waals surface area (Å²) >= 11 is 0. The Balaban J connectivity index is 2.07. The minimum atomic E-state index is 0.0576. The van der Waals surface area contributed by atoms with Crippen molar-refractivity contribution >= 4 is 5.91 Å². The molecule has 0 saturated carbocycles. The van der Waals surface area contributed by atoms with E-state index in [1.807, 2.05) is 13.1 Å². The number of hydrogen-bond donors (Lipinski definition) is 3. The number of aryl methyl sites for hydroxylation is 1. The number of amides is 1. The van der Waals surface area contributed by atoms with Crippen LogP contribution in [0.2, 0.25) is 0 Å². The molecule has 17 heavy (non-hydrogen) atoms. The molecule has 0 aliphatic heterocycles. The van der Waals surface area contributed by atoms with E-state index in [0.29, 0.717) is 13.1 Å². The minimum absolute atomic E-state index is 0.0576. The first-order chi connectivity index (χ1) is 8.24. The highest BCUT2D eigenvalue weighted by atomic mass is 16.1. The topological polar surface area (TPSA) is 83.8 Å². The molecule has 0 fully saturated rings. The second-order valence-electron chi connectivity index (χ2n) is 4.26. The SMILES string of the molecule is CC(CCCN)C(=O)NCCCc1ncc[nH]1. The lowest BCUT2D eigenvalue weighted by Crippen LogP contribution is -2.30. The first-order valence-electron chi connectivity index (χ1n) is 6.20. The smallest absolute Gasteiger partial charge is 0.222 e. The van der Waals surface area contributed by atoms with Crippen LogP contribution in [0.4, 0.5) is 0 Å². The first-order valence-corrected chi connectivity index (χ1v) is 6.20.